The maximum absolute atomic E-state index is 12.0. The topological polar surface area (TPSA) is 29.5 Å². The maximum atomic E-state index is 12.0. The lowest BCUT2D eigenvalue weighted by Crippen LogP contribution is -2.33. The van der Waals surface area contributed by atoms with Crippen molar-refractivity contribution >= 4 is 6.09 Å². The first-order valence-electron chi connectivity index (χ1n) is 5.82. The van der Waals surface area contributed by atoms with E-state index >= 15 is 0 Å². The monoisotopic (exact) mass is 245 g/mol. The SMILES string of the molecule is C=C=CN(Cc1ccccc1)C(=O)OC(C)(C)C. The molecule has 0 atom stereocenters. The zero-order valence-electron chi connectivity index (χ0n) is 11.1. The lowest BCUT2D eigenvalue weighted by Gasteiger charge is -2.24. The summed E-state index contributed by atoms with van der Waals surface area (Å²) in [5.74, 6) is 0. The second kappa shape index (κ2) is 6.08. The van der Waals surface area contributed by atoms with E-state index in [1.807, 2.05) is 51.1 Å². The van der Waals surface area contributed by atoms with Gasteiger partial charge in [-0.05, 0) is 26.3 Å². The third kappa shape index (κ3) is 4.89. The van der Waals surface area contributed by atoms with Gasteiger partial charge in [-0.25, -0.2) is 4.79 Å². The number of benzene rings is 1. The van der Waals surface area contributed by atoms with E-state index in [4.69, 9.17) is 4.74 Å². The summed E-state index contributed by atoms with van der Waals surface area (Å²) in [6.07, 6.45) is 1.10. The van der Waals surface area contributed by atoms with Gasteiger partial charge < -0.3 is 4.74 Å². The van der Waals surface area contributed by atoms with E-state index in [2.05, 4.69) is 12.3 Å². The summed E-state index contributed by atoms with van der Waals surface area (Å²) in [5, 5.41) is 0. The van der Waals surface area contributed by atoms with Crippen molar-refractivity contribution < 1.29 is 9.53 Å². The fraction of sp³-hybridized carbons (Fsp3) is 0.333. The van der Waals surface area contributed by atoms with Gasteiger partial charge in [0.15, 0.2) is 0 Å². The van der Waals surface area contributed by atoms with Gasteiger partial charge in [0.2, 0.25) is 0 Å². The highest BCUT2D eigenvalue weighted by atomic mass is 16.6. The highest BCUT2D eigenvalue weighted by Crippen LogP contribution is 2.12. The van der Waals surface area contributed by atoms with Crippen LogP contribution in [-0.4, -0.2) is 16.6 Å². The van der Waals surface area contributed by atoms with E-state index in [1.165, 1.54) is 11.1 Å². The summed E-state index contributed by atoms with van der Waals surface area (Å²) in [5.41, 5.74) is 3.11. The van der Waals surface area contributed by atoms with Crippen LogP contribution in [0.15, 0.2) is 48.8 Å². The quantitative estimate of drug-likeness (QED) is 0.759. The second-order valence-corrected chi connectivity index (χ2v) is 4.93. The Kier molecular flexibility index (Phi) is 4.75. The normalized spacial score (nSPS) is 10.4. The standard InChI is InChI=1S/C15H19NO2/c1-5-11-16(14(17)18-15(2,3)4)12-13-9-7-6-8-10-13/h6-11H,1,12H2,2-4H3. The molecule has 1 aromatic rings. The number of carbonyl (C=O) groups is 1. The fourth-order valence-corrected chi connectivity index (χ4v) is 1.37. The molecule has 1 amide bonds. The van der Waals surface area contributed by atoms with Gasteiger partial charge in [-0.15, -0.1) is 5.73 Å². The molecule has 0 saturated heterocycles. The number of hydrogen-bond donors (Lipinski definition) is 0. The highest BCUT2D eigenvalue weighted by molar-refractivity contribution is 5.69. The molecule has 0 unspecified atom stereocenters. The van der Waals surface area contributed by atoms with Crippen LogP contribution < -0.4 is 0 Å². The summed E-state index contributed by atoms with van der Waals surface area (Å²) >= 11 is 0. The van der Waals surface area contributed by atoms with Crippen LogP contribution in [-0.2, 0) is 11.3 Å². The van der Waals surface area contributed by atoms with Gasteiger partial charge in [0.1, 0.15) is 5.60 Å². The van der Waals surface area contributed by atoms with E-state index in [0.717, 1.165) is 5.56 Å². The number of amides is 1. The number of hydrogen-bond acceptors (Lipinski definition) is 2. The molecule has 0 spiro atoms. The van der Waals surface area contributed by atoms with Crippen LogP contribution in [0.3, 0.4) is 0 Å². The molecular weight excluding hydrogens is 226 g/mol. The first-order chi connectivity index (χ1) is 8.42. The predicted octanol–water partition coefficient (Wildman–Crippen LogP) is 3.72. The molecule has 1 rings (SSSR count). The van der Waals surface area contributed by atoms with Crippen molar-refractivity contribution in [1.82, 2.24) is 4.90 Å². The van der Waals surface area contributed by atoms with Crippen LogP contribution in [0.4, 0.5) is 4.79 Å². The molecule has 0 radical (unpaired) electrons. The van der Waals surface area contributed by atoms with Crippen LogP contribution >= 0.6 is 0 Å². The molecule has 3 heteroatoms. The van der Waals surface area contributed by atoms with Crippen LogP contribution in [0.25, 0.3) is 0 Å². The predicted molar refractivity (Wildman–Crippen MR) is 71.9 cm³/mol. The highest BCUT2D eigenvalue weighted by Gasteiger charge is 2.20. The molecule has 0 aliphatic carbocycles. The van der Waals surface area contributed by atoms with E-state index in [0.29, 0.717) is 6.54 Å². The lowest BCUT2D eigenvalue weighted by atomic mass is 10.2. The molecule has 0 aromatic heterocycles. The number of ether oxygens (including phenoxy) is 1. The Morgan fingerprint density at radius 1 is 1.39 bits per heavy atom. The number of nitrogens with zero attached hydrogens (tertiary/aromatic N) is 1. The Morgan fingerprint density at radius 3 is 2.50 bits per heavy atom. The lowest BCUT2D eigenvalue weighted by molar-refractivity contribution is 0.0323. The number of rotatable bonds is 3. The van der Waals surface area contributed by atoms with Crippen molar-refractivity contribution in [2.75, 3.05) is 0 Å². The van der Waals surface area contributed by atoms with Gasteiger partial charge in [-0.2, -0.15) is 0 Å². The van der Waals surface area contributed by atoms with Crippen LogP contribution in [0.5, 0.6) is 0 Å². The summed E-state index contributed by atoms with van der Waals surface area (Å²) in [4.78, 5) is 13.4. The molecule has 0 heterocycles. The Bertz CT molecular complexity index is 439. The Hall–Kier alpha value is -1.99. The van der Waals surface area contributed by atoms with Gasteiger partial charge >= 0.3 is 6.09 Å². The molecule has 96 valence electrons. The van der Waals surface area contributed by atoms with Crippen molar-refractivity contribution in [3.63, 3.8) is 0 Å². The summed E-state index contributed by atoms with van der Waals surface area (Å²) in [7, 11) is 0. The molecule has 0 saturated carbocycles. The first-order valence-corrected chi connectivity index (χ1v) is 5.82. The smallest absolute Gasteiger partial charge is 0.415 e. The molecule has 3 nitrogen and oxygen atoms in total. The van der Waals surface area contributed by atoms with Crippen LogP contribution in [0.1, 0.15) is 26.3 Å². The molecular formula is C15H19NO2. The minimum Gasteiger partial charge on any atom is -0.443 e. The summed E-state index contributed by atoms with van der Waals surface area (Å²) < 4.78 is 5.31. The van der Waals surface area contributed by atoms with Crippen LogP contribution in [0, 0.1) is 0 Å². The van der Waals surface area contributed by atoms with Crippen molar-refractivity contribution in [3.8, 4) is 0 Å². The van der Waals surface area contributed by atoms with Gasteiger partial charge in [-0.1, -0.05) is 36.9 Å². The van der Waals surface area contributed by atoms with Crippen molar-refractivity contribution in [3.05, 3.63) is 54.4 Å². The van der Waals surface area contributed by atoms with Gasteiger partial charge in [0.25, 0.3) is 0 Å². The van der Waals surface area contributed by atoms with E-state index < -0.39 is 11.7 Å². The second-order valence-electron chi connectivity index (χ2n) is 4.93. The van der Waals surface area contributed by atoms with Crippen molar-refractivity contribution in [1.29, 1.82) is 0 Å². The van der Waals surface area contributed by atoms with E-state index in [9.17, 15) is 4.79 Å². The van der Waals surface area contributed by atoms with E-state index in [-0.39, 0.29) is 0 Å². The third-order valence-electron chi connectivity index (χ3n) is 2.07. The molecule has 18 heavy (non-hydrogen) atoms. The zero-order chi connectivity index (χ0) is 13.6. The molecule has 1 aromatic carbocycles. The maximum Gasteiger partial charge on any atom is 0.415 e. The average Bonchev–Trinajstić information content (AvgIpc) is 2.27. The van der Waals surface area contributed by atoms with Gasteiger partial charge in [0.05, 0.1) is 12.7 Å². The molecule has 0 bridgehead atoms. The van der Waals surface area contributed by atoms with Crippen molar-refractivity contribution in [2.45, 2.75) is 32.9 Å². The van der Waals surface area contributed by atoms with Gasteiger partial charge in [0, 0.05) is 0 Å². The average molecular weight is 245 g/mol. The third-order valence-corrected chi connectivity index (χ3v) is 2.07. The molecule has 0 aliphatic rings. The number of carbonyl (C=O) groups excluding carboxylic acids is 1. The summed E-state index contributed by atoms with van der Waals surface area (Å²) in [6, 6.07) is 9.70. The molecule has 0 fully saturated rings. The Balaban J connectivity index is 2.77. The van der Waals surface area contributed by atoms with Crippen LogP contribution in [0.2, 0.25) is 0 Å². The largest absolute Gasteiger partial charge is 0.443 e. The van der Waals surface area contributed by atoms with Crippen molar-refractivity contribution in [2.24, 2.45) is 0 Å². The minimum atomic E-state index is -0.513. The molecule has 0 aliphatic heterocycles. The van der Waals surface area contributed by atoms with E-state index in [1.54, 1.807) is 0 Å². The Morgan fingerprint density at radius 2 is 2.00 bits per heavy atom. The summed E-state index contributed by atoms with van der Waals surface area (Å²) in [6.45, 7) is 9.44. The minimum absolute atomic E-state index is 0.400. The zero-order valence-corrected chi connectivity index (χ0v) is 11.1. The first kappa shape index (κ1) is 14.1. The van der Waals surface area contributed by atoms with Gasteiger partial charge in [-0.3, -0.25) is 4.90 Å². The fourth-order valence-electron chi connectivity index (χ4n) is 1.37. The Labute approximate surface area is 108 Å². The molecule has 0 N–H and O–H groups in total.